The Kier molecular flexibility index (Phi) is 8.39. The van der Waals surface area contributed by atoms with Crippen LogP contribution in [-0.2, 0) is 11.3 Å². The molecular formula is C22H36N2O3. The summed E-state index contributed by atoms with van der Waals surface area (Å²) in [5.41, 5.74) is 1.25. The zero-order chi connectivity index (χ0) is 18.9. The quantitative estimate of drug-likeness (QED) is 0.756. The van der Waals surface area contributed by atoms with E-state index in [1.165, 1.54) is 31.2 Å². The molecule has 1 aromatic rings. The molecular weight excluding hydrogens is 340 g/mol. The third kappa shape index (κ3) is 7.07. The number of aliphatic hydroxyl groups is 1. The summed E-state index contributed by atoms with van der Waals surface area (Å²) < 4.78 is 11.4. The van der Waals surface area contributed by atoms with Crippen molar-refractivity contribution in [3.05, 3.63) is 29.8 Å². The maximum atomic E-state index is 10.4. The molecule has 0 aromatic heterocycles. The Balaban J connectivity index is 1.44. The highest BCUT2D eigenvalue weighted by molar-refractivity contribution is 5.28. The molecule has 2 aliphatic rings. The molecule has 5 heteroatoms. The summed E-state index contributed by atoms with van der Waals surface area (Å²) in [7, 11) is 2.19. The highest BCUT2D eigenvalue weighted by atomic mass is 16.5. The van der Waals surface area contributed by atoms with Crippen LogP contribution in [0, 0.1) is 0 Å². The van der Waals surface area contributed by atoms with E-state index in [9.17, 15) is 5.11 Å². The van der Waals surface area contributed by atoms with E-state index in [4.69, 9.17) is 9.47 Å². The van der Waals surface area contributed by atoms with E-state index in [1.807, 2.05) is 12.1 Å². The Bertz CT molecular complexity index is 540. The van der Waals surface area contributed by atoms with E-state index >= 15 is 0 Å². The molecule has 1 aromatic carbocycles. The SMILES string of the molecule is CN(Cc1cccc(OC[C@@H](O)CN2CCCCCC2)c1)C1CCOCC1. The van der Waals surface area contributed by atoms with Crippen LogP contribution in [0.5, 0.6) is 5.75 Å². The molecule has 2 heterocycles. The number of benzene rings is 1. The van der Waals surface area contributed by atoms with Crippen LogP contribution in [0.15, 0.2) is 24.3 Å². The average Bonchev–Trinajstić information content (AvgIpc) is 2.96. The van der Waals surface area contributed by atoms with E-state index in [0.717, 1.165) is 51.4 Å². The van der Waals surface area contributed by atoms with Crippen LogP contribution < -0.4 is 4.74 Å². The lowest BCUT2D eigenvalue weighted by molar-refractivity contribution is 0.0406. The topological polar surface area (TPSA) is 45.2 Å². The second-order valence-corrected chi connectivity index (χ2v) is 8.09. The Hall–Kier alpha value is -1.14. The number of ether oxygens (including phenoxy) is 2. The molecule has 0 spiro atoms. The smallest absolute Gasteiger partial charge is 0.119 e. The van der Waals surface area contributed by atoms with Crippen LogP contribution in [0.4, 0.5) is 0 Å². The van der Waals surface area contributed by atoms with Gasteiger partial charge in [0.2, 0.25) is 0 Å². The molecule has 2 aliphatic heterocycles. The van der Waals surface area contributed by atoms with Crippen molar-refractivity contribution in [2.24, 2.45) is 0 Å². The molecule has 0 unspecified atom stereocenters. The van der Waals surface area contributed by atoms with Gasteiger partial charge in [-0.15, -0.1) is 0 Å². The van der Waals surface area contributed by atoms with Gasteiger partial charge in [-0.2, -0.15) is 0 Å². The van der Waals surface area contributed by atoms with E-state index in [0.29, 0.717) is 19.2 Å². The number of β-amino-alcohol motifs (C(OH)–C–C–N with tert-alkyl or cyclic N) is 1. The first-order chi connectivity index (χ1) is 13.2. The first-order valence-corrected chi connectivity index (χ1v) is 10.6. The van der Waals surface area contributed by atoms with Gasteiger partial charge < -0.3 is 19.5 Å². The van der Waals surface area contributed by atoms with Gasteiger partial charge in [-0.25, -0.2) is 0 Å². The van der Waals surface area contributed by atoms with Crippen molar-refractivity contribution < 1.29 is 14.6 Å². The number of hydrogen-bond acceptors (Lipinski definition) is 5. The standard InChI is InChI=1S/C22H36N2O3/c1-23(20-9-13-26-14-10-20)16-19-7-6-8-22(15-19)27-18-21(25)17-24-11-4-2-3-5-12-24/h6-8,15,20-21,25H,2-5,9-14,16-18H2,1H3/t21-/m0/s1. The number of nitrogens with zero attached hydrogens (tertiary/aromatic N) is 2. The molecule has 0 radical (unpaired) electrons. The molecule has 27 heavy (non-hydrogen) atoms. The van der Waals surface area contributed by atoms with Crippen molar-refractivity contribution in [1.29, 1.82) is 0 Å². The second kappa shape index (κ2) is 11.0. The van der Waals surface area contributed by atoms with Crippen LogP contribution in [0.3, 0.4) is 0 Å². The predicted octanol–water partition coefficient (Wildman–Crippen LogP) is 2.91. The number of rotatable bonds is 8. The minimum Gasteiger partial charge on any atom is -0.491 e. The van der Waals surface area contributed by atoms with Crippen LogP contribution >= 0.6 is 0 Å². The van der Waals surface area contributed by atoms with Gasteiger partial charge in [0.15, 0.2) is 0 Å². The highest BCUT2D eigenvalue weighted by Gasteiger charge is 2.18. The fourth-order valence-corrected chi connectivity index (χ4v) is 4.14. The summed E-state index contributed by atoms with van der Waals surface area (Å²) in [5, 5.41) is 10.4. The Labute approximate surface area is 164 Å². The zero-order valence-corrected chi connectivity index (χ0v) is 16.8. The molecule has 3 rings (SSSR count). The molecule has 0 aliphatic carbocycles. The van der Waals surface area contributed by atoms with E-state index in [2.05, 4.69) is 29.0 Å². The Morgan fingerprint density at radius 1 is 1.19 bits per heavy atom. The van der Waals surface area contributed by atoms with Gasteiger partial charge in [-0.05, 0) is 63.5 Å². The maximum Gasteiger partial charge on any atom is 0.119 e. The van der Waals surface area contributed by atoms with E-state index in [1.54, 1.807) is 0 Å². The predicted molar refractivity (Wildman–Crippen MR) is 108 cm³/mol. The Morgan fingerprint density at radius 3 is 2.67 bits per heavy atom. The molecule has 1 atom stereocenters. The number of likely N-dealkylation sites (tertiary alicyclic amines) is 1. The number of hydrogen-bond donors (Lipinski definition) is 1. The minimum absolute atomic E-state index is 0.357. The largest absolute Gasteiger partial charge is 0.491 e. The van der Waals surface area contributed by atoms with Gasteiger partial charge in [0.05, 0.1) is 0 Å². The zero-order valence-electron chi connectivity index (χ0n) is 16.8. The highest BCUT2D eigenvalue weighted by Crippen LogP contribution is 2.19. The van der Waals surface area contributed by atoms with Crippen molar-refractivity contribution in [3.63, 3.8) is 0 Å². The van der Waals surface area contributed by atoms with Gasteiger partial charge in [0.25, 0.3) is 0 Å². The summed E-state index contributed by atoms with van der Waals surface area (Å²) >= 11 is 0. The molecule has 0 bridgehead atoms. The average molecular weight is 377 g/mol. The molecule has 5 nitrogen and oxygen atoms in total. The summed E-state index contributed by atoms with van der Waals surface area (Å²) in [6.07, 6.45) is 6.91. The molecule has 152 valence electrons. The van der Waals surface area contributed by atoms with Crippen LogP contribution in [0.2, 0.25) is 0 Å². The van der Waals surface area contributed by atoms with Gasteiger partial charge in [0.1, 0.15) is 18.5 Å². The lowest BCUT2D eigenvalue weighted by Crippen LogP contribution is -2.36. The fourth-order valence-electron chi connectivity index (χ4n) is 4.14. The van der Waals surface area contributed by atoms with Crippen LogP contribution in [0.1, 0.15) is 44.1 Å². The van der Waals surface area contributed by atoms with Gasteiger partial charge >= 0.3 is 0 Å². The fraction of sp³-hybridized carbons (Fsp3) is 0.727. The number of aliphatic hydroxyl groups excluding tert-OH is 1. The molecule has 2 fully saturated rings. The summed E-state index contributed by atoms with van der Waals surface area (Å²) in [6, 6.07) is 8.88. The minimum atomic E-state index is -0.434. The lowest BCUT2D eigenvalue weighted by atomic mass is 10.1. The van der Waals surface area contributed by atoms with Gasteiger partial charge in [0, 0.05) is 32.3 Å². The van der Waals surface area contributed by atoms with Crippen molar-refractivity contribution >= 4 is 0 Å². The molecule has 0 amide bonds. The van der Waals surface area contributed by atoms with Crippen molar-refractivity contribution in [2.45, 2.75) is 57.2 Å². The third-order valence-corrected chi connectivity index (χ3v) is 5.75. The summed E-state index contributed by atoms with van der Waals surface area (Å²) in [4.78, 5) is 4.79. The monoisotopic (exact) mass is 376 g/mol. The Morgan fingerprint density at radius 2 is 1.93 bits per heavy atom. The van der Waals surface area contributed by atoms with Crippen molar-refractivity contribution in [2.75, 3.05) is 46.5 Å². The summed E-state index contributed by atoms with van der Waals surface area (Å²) in [5.74, 6) is 0.850. The van der Waals surface area contributed by atoms with Gasteiger partial charge in [-0.1, -0.05) is 25.0 Å². The summed E-state index contributed by atoms with van der Waals surface area (Å²) in [6.45, 7) is 5.93. The molecule has 0 saturated carbocycles. The molecule has 1 N–H and O–H groups in total. The van der Waals surface area contributed by atoms with Gasteiger partial charge in [-0.3, -0.25) is 4.90 Å². The van der Waals surface area contributed by atoms with Crippen LogP contribution in [0.25, 0.3) is 0 Å². The lowest BCUT2D eigenvalue weighted by Gasteiger charge is -2.31. The van der Waals surface area contributed by atoms with Crippen molar-refractivity contribution in [1.82, 2.24) is 9.80 Å². The third-order valence-electron chi connectivity index (χ3n) is 5.75. The van der Waals surface area contributed by atoms with E-state index in [-0.39, 0.29) is 0 Å². The maximum absolute atomic E-state index is 10.4. The van der Waals surface area contributed by atoms with E-state index < -0.39 is 6.10 Å². The van der Waals surface area contributed by atoms with Crippen molar-refractivity contribution in [3.8, 4) is 5.75 Å². The first-order valence-electron chi connectivity index (χ1n) is 10.6. The first kappa shape index (κ1) is 20.6. The second-order valence-electron chi connectivity index (χ2n) is 8.09. The van der Waals surface area contributed by atoms with Crippen LogP contribution in [-0.4, -0.2) is 73.6 Å². The molecule has 2 saturated heterocycles. The normalized spacial score (nSPS) is 21.1.